The zero-order valence-electron chi connectivity index (χ0n) is 22.7. The lowest BCUT2D eigenvalue weighted by Crippen LogP contribution is -2.40. The smallest absolute Gasteiger partial charge is 0.337 e. The normalized spacial score (nSPS) is 15.3. The summed E-state index contributed by atoms with van der Waals surface area (Å²) in [6.45, 7) is 1.98. The number of nitrogens with one attached hydrogen (secondary N) is 2. The lowest BCUT2D eigenvalue weighted by Gasteiger charge is -2.29. The summed E-state index contributed by atoms with van der Waals surface area (Å²) in [5, 5.41) is 6.30. The third-order valence-corrected chi connectivity index (χ3v) is 7.01. The number of ether oxygens (including phenoxy) is 1. The third kappa shape index (κ3) is 5.54. The maximum atomic E-state index is 13.2. The number of carbonyl (C=O) groups is 3. The highest BCUT2D eigenvalue weighted by Gasteiger charge is 2.29. The minimum Gasteiger partial charge on any atom is -0.465 e. The molecule has 0 bridgehead atoms. The molecule has 0 aliphatic carbocycles. The minimum atomic E-state index is -0.473. The number of benzene rings is 3. The SMILES string of the molecule is COC(=O)c1ccc2c(c1)NC(=O)/C2=C(\Nc1ccc(N(C)C(=O)CN2C=CN(C)CC2)cc1)c1ccccc1. The zero-order valence-corrected chi connectivity index (χ0v) is 22.7. The Balaban J connectivity index is 1.41. The number of methoxy groups -OCH3 is 1. The van der Waals surface area contributed by atoms with Gasteiger partial charge in [0.1, 0.15) is 0 Å². The molecule has 0 unspecified atom stereocenters. The molecular formula is C31H31N5O4. The average molecular weight is 538 g/mol. The first-order chi connectivity index (χ1) is 19.3. The molecule has 2 aliphatic rings. The zero-order chi connectivity index (χ0) is 28.2. The molecule has 2 heterocycles. The van der Waals surface area contributed by atoms with E-state index < -0.39 is 5.97 Å². The Labute approximate surface area is 233 Å². The molecule has 2 N–H and O–H groups in total. The number of amides is 2. The fourth-order valence-corrected chi connectivity index (χ4v) is 4.66. The van der Waals surface area contributed by atoms with Crippen LogP contribution in [0.25, 0.3) is 11.3 Å². The summed E-state index contributed by atoms with van der Waals surface area (Å²) in [6, 6.07) is 22.1. The van der Waals surface area contributed by atoms with E-state index in [1.165, 1.54) is 7.11 Å². The molecule has 9 heteroatoms. The number of hydrogen-bond donors (Lipinski definition) is 2. The van der Waals surface area contributed by atoms with Crippen molar-refractivity contribution in [2.75, 3.05) is 56.4 Å². The van der Waals surface area contributed by atoms with Crippen molar-refractivity contribution in [1.82, 2.24) is 9.80 Å². The Hall–Kier alpha value is -5.05. The second-order valence-corrected chi connectivity index (χ2v) is 9.70. The van der Waals surface area contributed by atoms with Crippen molar-refractivity contribution in [2.24, 2.45) is 0 Å². The molecule has 40 heavy (non-hydrogen) atoms. The van der Waals surface area contributed by atoms with Gasteiger partial charge in [0, 0.05) is 56.5 Å². The average Bonchev–Trinajstić information content (AvgIpc) is 3.31. The van der Waals surface area contributed by atoms with Gasteiger partial charge in [0.2, 0.25) is 5.91 Å². The van der Waals surface area contributed by atoms with Gasteiger partial charge in [-0.15, -0.1) is 0 Å². The second-order valence-electron chi connectivity index (χ2n) is 9.70. The van der Waals surface area contributed by atoms with Crippen molar-refractivity contribution in [1.29, 1.82) is 0 Å². The maximum absolute atomic E-state index is 13.2. The number of hydrogen-bond acceptors (Lipinski definition) is 7. The molecule has 3 aromatic carbocycles. The van der Waals surface area contributed by atoms with Gasteiger partial charge in [-0.3, -0.25) is 9.59 Å². The van der Waals surface area contributed by atoms with E-state index in [0.717, 1.165) is 30.0 Å². The molecule has 0 saturated carbocycles. The van der Waals surface area contributed by atoms with Crippen molar-refractivity contribution >= 4 is 46.1 Å². The molecule has 9 nitrogen and oxygen atoms in total. The summed E-state index contributed by atoms with van der Waals surface area (Å²) >= 11 is 0. The monoisotopic (exact) mass is 537 g/mol. The summed E-state index contributed by atoms with van der Waals surface area (Å²) in [5.41, 5.74) is 5.03. The number of likely N-dealkylation sites (N-methyl/N-ethyl adjacent to an activating group) is 2. The van der Waals surface area contributed by atoms with Crippen molar-refractivity contribution in [2.45, 2.75) is 0 Å². The Morgan fingerprint density at radius 2 is 1.73 bits per heavy atom. The first-order valence-electron chi connectivity index (χ1n) is 12.9. The number of fused-ring (bicyclic) bond motifs is 1. The Morgan fingerprint density at radius 3 is 2.40 bits per heavy atom. The van der Waals surface area contributed by atoms with Gasteiger partial charge in [0.05, 0.1) is 36.2 Å². The van der Waals surface area contributed by atoms with E-state index in [9.17, 15) is 14.4 Å². The van der Waals surface area contributed by atoms with E-state index in [2.05, 4.69) is 15.5 Å². The highest BCUT2D eigenvalue weighted by atomic mass is 16.5. The number of nitrogens with zero attached hydrogens (tertiary/aromatic N) is 3. The van der Waals surface area contributed by atoms with E-state index in [0.29, 0.717) is 34.6 Å². The van der Waals surface area contributed by atoms with Gasteiger partial charge in [-0.2, -0.15) is 0 Å². The van der Waals surface area contributed by atoms with Gasteiger partial charge >= 0.3 is 5.97 Å². The topological polar surface area (TPSA) is 94.2 Å². The van der Waals surface area contributed by atoms with Gasteiger partial charge < -0.3 is 30.1 Å². The van der Waals surface area contributed by atoms with Gasteiger partial charge in [-0.05, 0) is 42.0 Å². The predicted octanol–water partition coefficient (Wildman–Crippen LogP) is 4.09. The van der Waals surface area contributed by atoms with Crippen LogP contribution < -0.4 is 15.5 Å². The summed E-state index contributed by atoms with van der Waals surface area (Å²) in [7, 11) is 5.10. The standard InChI is InChI=1S/C31H31N5O4/c1-34-15-17-36(18-16-34)20-27(37)35(2)24-12-10-23(11-13-24)32-29(21-7-5-4-6-8-21)28-25-14-9-22(31(39)40-3)19-26(25)33-30(28)38/h4-15,17,19,32H,16,18,20H2,1-3H3,(H,33,38)/b29-28-. The first kappa shape index (κ1) is 26.6. The molecule has 0 spiro atoms. The summed E-state index contributed by atoms with van der Waals surface area (Å²) < 4.78 is 4.82. The van der Waals surface area contributed by atoms with Crippen LogP contribution in [0.4, 0.5) is 17.1 Å². The van der Waals surface area contributed by atoms with Gasteiger partial charge in [-0.1, -0.05) is 36.4 Å². The van der Waals surface area contributed by atoms with Crippen LogP contribution in [0.5, 0.6) is 0 Å². The van der Waals surface area contributed by atoms with Crippen LogP contribution in [-0.2, 0) is 14.3 Å². The first-order valence-corrected chi connectivity index (χ1v) is 12.9. The highest BCUT2D eigenvalue weighted by molar-refractivity contribution is 6.37. The van der Waals surface area contributed by atoms with E-state index in [1.807, 2.05) is 78.9 Å². The lowest BCUT2D eigenvalue weighted by molar-refractivity contribution is -0.119. The third-order valence-electron chi connectivity index (χ3n) is 7.01. The van der Waals surface area contributed by atoms with E-state index in [4.69, 9.17) is 4.74 Å². The molecular weight excluding hydrogens is 506 g/mol. The van der Waals surface area contributed by atoms with Crippen molar-refractivity contribution in [3.8, 4) is 0 Å². The Morgan fingerprint density at radius 1 is 0.975 bits per heavy atom. The largest absolute Gasteiger partial charge is 0.465 e. The number of carbonyl (C=O) groups excluding carboxylic acids is 3. The number of esters is 1. The molecule has 0 atom stereocenters. The van der Waals surface area contributed by atoms with Crippen LogP contribution in [0.3, 0.4) is 0 Å². The molecule has 5 rings (SSSR count). The van der Waals surface area contributed by atoms with Crippen LogP contribution in [0.1, 0.15) is 21.5 Å². The summed E-state index contributed by atoms with van der Waals surface area (Å²) in [5.74, 6) is -0.754. The molecule has 2 amide bonds. The van der Waals surface area contributed by atoms with E-state index in [-0.39, 0.29) is 11.8 Å². The molecule has 0 saturated heterocycles. The minimum absolute atomic E-state index is 0.00689. The fraction of sp³-hybridized carbons (Fsp3) is 0.194. The van der Waals surface area contributed by atoms with E-state index in [1.54, 1.807) is 30.1 Å². The van der Waals surface area contributed by atoms with Crippen LogP contribution in [0, 0.1) is 0 Å². The van der Waals surface area contributed by atoms with Gasteiger partial charge in [-0.25, -0.2) is 4.79 Å². The summed E-state index contributed by atoms with van der Waals surface area (Å²) in [6.07, 6.45) is 3.91. The lowest BCUT2D eigenvalue weighted by atomic mass is 9.99. The second kappa shape index (κ2) is 11.4. The molecule has 204 valence electrons. The van der Waals surface area contributed by atoms with Crippen LogP contribution in [0.2, 0.25) is 0 Å². The summed E-state index contributed by atoms with van der Waals surface area (Å²) in [4.78, 5) is 43.8. The molecule has 0 aromatic heterocycles. The molecule has 0 fully saturated rings. The quantitative estimate of drug-likeness (QED) is 0.346. The Bertz CT molecular complexity index is 1500. The van der Waals surface area contributed by atoms with Crippen molar-refractivity contribution in [3.63, 3.8) is 0 Å². The number of anilines is 3. The fourth-order valence-electron chi connectivity index (χ4n) is 4.66. The molecule has 0 radical (unpaired) electrons. The molecule has 2 aliphatic heterocycles. The van der Waals surface area contributed by atoms with Crippen LogP contribution in [0.15, 0.2) is 85.2 Å². The predicted molar refractivity (Wildman–Crippen MR) is 156 cm³/mol. The number of rotatable bonds is 7. The van der Waals surface area contributed by atoms with E-state index >= 15 is 0 Å². The van der Waals surface area contributed by atoms with Crippen molar-refractivity contribution in [3.05, 3.63) is 102 Å². The van der Waals surface area contributed by atoms with Gasteiger partial charge in [0.15, 0.2) is 0 Å². The highest BCUT2D eigenvalue weighted by Crippen LogP contribution is 2.38. The van der Waals surface area contributed by atoms with Crippen LogP contribution in [-0.4, -0.2) is 68.4 Å². The maximum Gasteiger partial charge on any atom is 0.337 e. The molecule has 3 aromatic rings. The van der Waals surface area contributed by atoms with Crippen molar-refractivity contribution < 1.29 is 19.1 Å². The van der Waals surface area contributed by atoms with Crippen LogP contribution >= 0.6 is 0 Å². The van der Waals surface area contributed by atoms with Gasteiger partial charge in [0.25, 0.3) is 5.91 Å². The Kier molecular flexibility index (Phi) is 7.54.